The van der Waals surface area contributed by atoms with Gasteiger partial charge in [0.1, 0.15) is 5.75 Å². The first-order valence-corrected chi connectivity index (χ1v) is 10.6. The summed E-state index contributed by atoms with van der Waals surface area (Å²) in [6.45, 7) is 4.06. The standard InChI is InChI=1S/C23H23IN2O4/c1-4-14(2)30-22-19(24)9-15(10-21(22)29-3)13-25-26-23(28)18-11-16-7-5-6-8-17(16)12-20(18)27/h5-14,27H,4H2,1-3H3,(H,26,28). The Labute approximate surface area is 189 Å². The number of hydrazone groups is 1. The number of carbonyl (C=O) groups is 1. The molecule has 7 heteroatoms. The summed E-state index contributed by atoms with van der Waals surface area (Å²) in [6.07, 6.45) is 2.48. The zero-order chi connectivity index (χ0) is 21.7. The Hall–Kier alpha value is -2.81. The third kappa shape index (κ3) is 5.02. The maximum atomic E-state index is 12.5. The highest BCUT2D eigenvalue weighted by molar-refractivity contribution is 14.1. The topological polar surface area (TPSA) is 80.2 Å². The van der Waals surface area contributed by atoms with Gasteiger partial charge in [-0.2, -0.15) is 5.10 Å². The van der Waals surface area contributed by atoms with Crippen molar-refractivity contribution in [3.63, 3.8) is 0 Å². The number of fused-ring (bicyclic) bond motifs is 1. The van der Waals surface area contributed by atoms with Crippen LogP contribution in [0.5, 0.6) is 17.2 Å². The number of aromatic hydroxyl groups is 1. The predicted molar refractivity (Wildman–Crippen MR) is 127 cm³/mol. The number of benzene rings is 3. The molecule has 0 saturated carbocycles. The number of halogens is 1. The molecular formula is C23H23IN2O4. The maximum absolute atomic E-state index is 12.5. The van der Waals surface area contributed by atoms with Crippen LogP contribution in [0.15, 0.2) is 53.6 Å². The number of nitrogens with one attached hydrogen (secondary N) is 1. The van der Waals surface area contributed by atoms with Crippen molar-refractivity contribution in [3.05, 3.63) is 63.2 Å². The van der Waals surface area contributed by atoms with E-state index in [0.717, 1.165) is 26.3 Å². The van der Waals surface area contributed by atoms with Crippen molar-refractivity contribution in [1.82, 2.24) is 5.43 Å². The summed E-state index contributed by atoms with van der Waals surface area (Å²) in [4.78, 5) is 12.5. The molecule has 0 aromatic heterocycles. The summed E-state index contributed by atoms with van der Waals surface area (Å²) in [5.74, 6) is 0.703. The summed E-state index contributed by atoms with van der Waals surface area (Å²) in [5.41, 5.74) is 3.37. The first-order valence-electron chi connectivity index (χ1n) is 9.52. The van der Waals surface area contributed by atoms with Crippen LogP contribution < -0.4 is 14.9 Å². The van der Waals surface area contributed by atoms with Gasteiger partial charge in [-0.1, -0.05) is 31.2 Å². The number of amides is 1. The lowest BCUT2D eigenvalue weighted by Gasteiger charge is -2.17. The fraction of sp³-hybridized carbons (Fsp3) is 0.217. The van der Waals surface area contributed by atoms with Gasteiger partial charge < -0.3 is 14.6 Å². The van der Waals surface area contributed by atoms with Gasteiger partial charge in [0, 0.05) is 0 Å². The highest BCUT2D eigenvalue weighted by Crippen LogP contribution is 2.34. The van der Waals surface area contributed by atoms with E-state index in [2.05, 4.69) is 40.0 Å². The quantitative estimate of drug-likeness (QED) is 0.259. The molecule has 3 rings (SSSR count). The maximum Gasteiger partial charge on any atom is 0.275 e. The van der Waals surface area contributed by atoms with Crippen LogP contribution in [0.4, 0.5) is 0 Å². The second-order valence-electron chi connectivity index (χ2n) is 6.79. The number of methoxy groups -OCH3 is 1. The minimum Gasteiger partial charge on any atom is -0.507 e. The molecule has 1 atom stereocenters. The van der Waals surface area contributed by atoms with E-state index >= 15 is 0 Å². The van der Waals surface area contributed by atoms with Crippen LogP contribution in [0.1, 0.15) is 36.2 Å². The van der Waals surface area contributed by atoms with E-state index in [1.807, 2.05) is 37.3 Å². The monoisotopic (exact) mass is 518 g/mol. The number of phenols is 1. The van der Waals surface area contributed by atoms with Crippen molar-refractivity contribution >= 4 is 45.5 Å². The fourth-order valence-corrected chi connectivity index (χ4v) is 3.60. The lowest BCUT2D eigenvalue weighted by molar-refractivity contribution is 0.0952. The van der Waals surface area contributed by atoms with Gasteiger partial charge >= 0.3 is 0 Å². The van der Waals surface area contributed by atoms with Gasteiger partial charge in [-0.15, -0.1) is 0 Å². The first kappa shape index (κ1) is 21.9. The van der Waals surface area contributed by atoms with E-state index in [4.69, 9.17) is 9.47 Å². The number of phenolic OH excluding ortho intramolecular Hbond substituents is 1. The van der Waals surface area contributed by atoms with Crippen molar-refractivity contribution in [2.75, 3.05) is 7.11 Å². The van der Waals surface area contributed by atoms with E-state index in [1.54, 1.807) is 25.3 Å². The molecular weight excluding hydrogens is 495 g/mol. The van der Waals surface area contributed by atoms with Crippen LogP contribution in [0.2, 0.25) is 0 Å². The van der Waals surface area contributed by atoms with Gasteiger partial charge in [0.15, 0.2) is 11.5 Å². The van der Waals surface area contributed by atoms with Crippen molar-refractivity contribution in [2.45, 2.75) is 26.4 Å². The molecule has 0 aliphatic heterocycles. The summed E-state index contributed by atoms with van der Waals surface area (Å²) >= 11 is 2.18. The summed E-state index contributed by atoms with van der Waals surface area (Å²) in [6, 6.07) is 14.4. The fourth-order valence-electron chi connectivity index (χ4n) is 2.85. The van der Waals surface area contributed by atoms with Crippen LogP contribution in [-0.2, 0) is 0 Å². The van der Waals surface area contributed by atoms with Gasteiger partial charge in [0.2, 0.25) is 0 Å². The molecule has 6 nitrogen and oxygen atoms in total. The van der Waals surface area contributed by atoms with Gasteiger partial charge in [-0.3, -0.25) is 4.79 Å². The van der Waals surface area contributed by atoms with E-state index < -0.39 is 5.91 Å². The summed E-state index contributed by atoms with van der Waals surface area (Å²) < 4.78 is 12.3. The van der Waals surface area contributed by atoms with Crippen molar-refractivity contribution < 1.29 is 19.4 Å². The third-order valence-electron chi connectivity index (χ3n) is 4.63. The minimum atomic E-state index is -0.493. The number of nitrogens with zero attached hydrogens (tertiary/aromatic N) is 1. The molecule has 1 amide bonds. The lowest BCUT2D eigenvalue weighted by atomic mass is 10.1. The Bertz CT molecular complexity index is 1100. The van der Waals surface area contributed by atoms with Crippen LogP contribution in [-0.4, -0.2) is 30.4 Å². The molecule has 0 heterocycles. The molecule has 156 valence electrons. The Morgan fingerprint density at radius 1 is 1.23 bits per heavy atom. The molecule has 3 aromatic carbocycles. The average Bonchev–Trinajstić information content (AvgIpc) is 2.74. The lowest BCUT2D eigenvalue weighted by Crippen LogP contribution is -2.17. The number of carbonyl (C=O) groups excluding carboxylic acids is 1. The summed E-state index contributed by atoms with van der Waals surface area (Å²) in [5, 5.41) is 15.9. The first-order chi connectivity index (χ1) is 14.4. The van der Waals surface area contributed by atoms with Gasteiger partial charge in [-0.05, 0) is 76.5 Å². The molecule has 0 aliphatic rings. The van der Waals surface area contributed by atoms with Crippen LogP contribution in [0.3, 0.4) is 0 Å². The minimum absolute atomic E-state index is 0.0702. The Morgan fingerprint density at radius 3 is 2.60 bits per heavy atom. The van der Waals surface area contributed by atoms with Crippen LogP contribution in [0.25, 0.3) is 10.8 Å². The molecule has 30 heavy (non-hydrogen) atoms. The number of rotatable bonds is 7. The number of ether oxygens (including phenoxy) is 2. The largest absolute Gasteiger partial charge is 0.507 e. The predicted octanol–water partition coefficient (Wildman–Crippen LogP) is 5.10. The van der Waals surface area contributed by atoms with E-state index in [1.165, 1.54) is 6.21 Å². The zero-order valence-electron chi connectivity index (χ0n) is 17.0. The molecule has 0 fully saturated rings. The van der Waals surface area contributed by atoms with Crippen molar-refractivity contribution in [3.8, 4) is 17.2 Å². The molecule has 0 bridgehead atoms. The number of hydrogen-bond acceptors (Lipinski definition) is 5. The summed E-state index contributed by atoms with van der Waals surface area (Å²) in [7, 11) is 1.58. The van der Waals surface area contributed by atoms with Crippen molar-refractivity contribution in [1.29, 1.82) is 0 Å². The molecule has 1 unspecified atom stereocenters. The van der Waals surface area contributed by atoms with Crippen molar-refractivity contribution in [2.24, 2.45) is 5.10 Å². The van der Waals surface area contributed by atoms with Gasteiger partial charge in [0.05, 0.1) is 28.6 Å². The molecule has 0 radical (unpaired) electrons. The Kier molecular flexibility index (Phi) is 7.15. The smallest absolute Gasteiger partial charge is 0.275 e. The molecule has 0 aliphatic carbocycles. The zero-order valence-corrected chi connectivity index (χ0v) is 19.1. The molecule has 3 aromatic rings. The second kappa shape index (κ2) is 9.80. The highest BCUT2D eigenvalue weighted by Gasteiger charge is 2.14. The SMILES string of the molecule is CCC(C)Oc1c(I)cc(C=NNC(=O)c2cc3ccccc3cc2O)cc1OC. The second-order valence-corrected chi connectivity index (χ2v) is 7.95. The molecule has 0 saturated heterocycles. The van der Waals surface area contributed by atoms with Crippen LogP contribution in [0, 0.1) is 3.57 Å². The van der Waals surface area contributed by atoms with E-state index in [0.29, 0.717) is 11.5 Å². The molecule has 0 spiro atoms. The van der Waals surface area contributed by atoms with Gasteiger partial charge in [0.25, 0.3) is 5.91 Å². The Morgan fingerprint density at radius 2 is 1.93 bits per heavy atom. The van der Waals surface area contributed by atoms with Crippen LogP contribution >= 0.6 is 22.6 Å². The van der Waals surface area contributed by atoms with E-state index in [-0.39, 0.29) is 17.4 Å². The third-order valence-corrected chi connectivity index (χ3v) is 5.44. The number of hydrogen-bond donors (Lipinski definition) is 2. The van der Waals surface area contributed by atoms with E-state index in [9.17, 15) is 9.90 Å². The van der Waals surface area contributed by atoms with Gasteiger partial charge in [-0.25, -0.2) is 5.43 Å². The molecule has 2 N–H and O–H groups in total. The highest BCUT2D eigenvalue weighted by atomic mass is 127. The normalized spacial score (nSPS) is 12.1. The average molecular weight is 518 g/mol. The Balaban J connectivity index is 1.77.